The molecule has 44 valence electrons. The first-order chi connectivity index (χ1) is 3.93. The smallest absolute Gasteiger partial charge is 0.180 e. The van der Waals surface area contributed by atoms with E-state index in [-0.39, 0.29) is 6.61 Å². The highest BCUT2D eigenvalue weighted by Crippen LogP contribution is 1.94. The monoisotopic (exact) mass is 113 g/mol. The Bertz CT molecular complexity index is 136. The van der Waals surface area contributed by atoms with Crippen molar-refractivity contribution in [3.05, 3.63) is 18.4 Å². The van der Waals surface area contributed by atoms with E-state index in [0.717, 1.165) is 5.76 Å². The van der Waals surface area contributed by atoms with Crippen molar-refractivity contribution < 1.29 is 9.52 Å². The van der Waals surface area contributed by atoms with Crippen molar-refractivity contribution in [1.29, 1.82) is 0 Å². The van der Waals surface area contributed by atoms with Gasteiger partial charge in [0.15, 0.2) is 6.39 Å². The topological polar surface area (TPSA) is 46.3 Å². The van der Waals surface area contributed by atoms with E-state index < -0.39 is 0 Å². The molecule has 3 nitrogen and oxygen atoms in total. The number of oxazole rings is 1. The van der Waals surface area contributed by atoms with Gasteiger partial charge in [0.2, 0.25) is 0 Å². The SMILES string of the molecule is OCCc1cnco1. The molecule has 1 rings (SSSR count). The van der Waals surface area contributed by atoms with E-state index in [0.29, 0.717) is 6.42 Å². The molecule has 8 heavy (non-hydrogen) atoms. The van der Waals surface area contributed by atoms with Crippen LogP contribution in [0, 0.1) is 0 Å². The lowest BCUT2D eigenvalue weighted by Gasteiger charge is -1.84. The Kier molecular flexibility index (Phi) is 1.64. The second-order valence-corrected chi connectivity index (χ2v) is 1.44. The van der Waals surface area contributed by atoms with Crippen LogP contribution in [0.1, 0.15) is 5.76 Å². The van der Waals surface area contributed by atoms with E-state index in [4.69, 9.17) is 9.52 Å². The zero-order valence-corrected chi connectivity index (χ0v) is 4.37. The van der Waals surface area contributed by atoms with Crippen LogP contribution in [0.3, 0.4) is 0 Å². The van der Waals surface area contributed by atoms with Crippen molar-refractivity contribution in [2.45, 2.75) is 6.42 Å². The van der Waals surface area contributed by atoms with Crippen LogP contribution in [0.15, 0.2) is 17.0 Å². The number of aliphatic hydroxyl groups is 1. The summed E-state index contributed by atoms with van der Waals surface area (Å²) in [7, 11) is 0. The molecule has 0 bridgehead atoms. The third-order valence-corrected chi connectivity index (χ3v) is 0.842. The Morgan fingerprint density at radius 3 is 3.12 bits per heavy atom. The highest BCUT2D eigenvalue weighted by molar-refractivity contribution is 4.87. The first kappa shape index (κ1) is 5.31. The highest BCUT2D eigenvalue weighted by Gasteiger charge is 1.90. The molecule has 1 aromatic rings. The molecule has 1 heterocycles. The molecule has 0 amide bonds. The summed E-state index contributed by atoms with van der Waals surface area (Å²) in [6.45, 7) is 0.120. The predicted octanol–water partition coefficient (Wildman–Crippen LogP) is 0.209. The lowest BCUT2D eigenvalue weighted by molar-refractivity contribution is 0.288. The lowest BCUT2D eigenvalue weighted by atomic mass is 10.4. The van der Waals surface area contributed by atoms with Gasteiger partial charge in [-0.25, -0.2) is 4.98 Å². The van der Waals surface area contributed by atoms with E-state index in [1.165, 1.54) is 6.39 Å². The summed E-state index contributed by atoms with van der Waals surface area (Å²) in [5.41, 5.74) is 0. The van der Waals surface area contributed by atoms with Gasteiger partial charge in [-0.1, -0.05) is 0 Å². The van der Waals surface area contributed by atoms with Gasteiger partial charge in [-0.15, -0.1) is 0 Å². The van der Waals surface area contributed by atoms with Gasteiger partial charge >= 0.3 is 0 Å². The van der Waals surface area contributed by atoms with Gasteiger partial charge in [-0.05, 0) is 0 Å². The zero-order chi connectivity index (χ0) is 5.82. The van der Waals surface area contributed by atoms with E-state index in [2.05, 4.69) is 4.98 Å². The molecule has 1 N–H and O–H groups in total. The molecular formula is C5H7NO2. The number of hydrogen-bond donors (Lipinski definition) is 1. The average molecular weight is 113 g/mol. The van der Waals surface area contributed by atoms with Crippen LogP contribution in [0.2, 0.25) is 0 Å². The maximum atomic E-state index is 8.35. The summed E-state index contributed by atoms with van der Waals surface area (Å²) >= 11 is 0. The number of aliphatic hydroxyl groups excluding tert-OH is 1. The maximum absolute atomic E-state index is 8.35. The number of aromatic nitrogens is 1. The van der Waals surface area contributed by atoms with Gasteiger partial charge in [0.1, 0.15) is 5.76 Å². The molecular weight excluding hydrogens is 106 g/mol. The Morgan fingerprint density at radius 2 is 2.62 bits per heavy atom. The Morgan fingerprint density at radius 1 is 1.75 bits per heavy atom. The highest BCUT2D eigenvalue weighted by atomic mass is 16.3. The van der Waals surface area contributed by atoms with Gasteiger partial charge in [0.05, 0.1) is 12.8 Å². The van der Waals surface area contributed by atoms with Crippen molar-refractivity contribution in [2.75, 3.05) is 6.61 Å². The summed E-state index contributed by atoms with van der Waals surface area (Å²) in [6.07, 6.45) is 3.50. The van der Waals surface area contributed by atoms with Crippen LogP contribution >= 0.6 is 0 Å². The fourth-order valence-electron chi connectivity index (χ4n) is 0.476. The molecule has 0 aliphatic rings. The first-order valence-corrected chi connectivity index (χ1v) is 2.41. The molecule has 0 aliphatic heterocycles. The molecule has 0 aromatic carbocycles. The van der Waals surface area contributed by atoms with E-state index >= 15 is 0 Å². The van der Waals surface area contributed by atoms with Crippen molar-refractivity contribution in [2.24, 2.45) is 0 Å². The van der Waals surface area contributed by atoms with Crippen molar-refractivity contribution in [3.63, 3.8) is 0 Å². The van der Waals surface area contributed by atoms with Gasteiger partial charge in [0.25, 0.3) is 0 Å². The second kappa shape index (κ2) is 2.47. The van der Waals surface area contributed by atoms with Crippen molar-refractivity contribution in [3.8, 4) is 0 Å². The van der Waals surface area contributed by atoms with Crippen LogP contribution in [0.5, 0.6) is 0 Å². The van der Waals surface area contributed by atoms with Gasteiger partial charge in [0, 0.05) is 6.42 Å². The summed E-state index contributed by atoms with van der Waals surface area (Å²) in [5, 5.41) is 8.35. The molecule has 0 unspecified atom stereocenters. The summed E-state index contributed by atoms with van der Waals surface area (Å²) < 4.78 is 4.80. The lowest BCUT2D eigenvalue weighted by Crippen LogP contribution is -1.85. The summed E-state index contributed by atoms with van der Waals surface area (Å²) in [4.78, 5) is 3.66. The van der Waals surface area contributed by atoms with Gasteiger partial charge in [-0.3, -0.25) is 0 Å². The number of nitrogens with zero attached hydrogens (tertiary/aromatic N) is 1. The van der Waals surface area contributed by atoms with Crippen LogP contribution in [0.25, 0.3) is 0 Å². The third-order valence-electron chi connectivity index (χ3n) is 0.842. The second-order valence-electron chi connectivity index (χ2n) is 1.44. The van der Waals surface area contributed by atoms with Crippen LogP contribution in [0.4, 0.5) is 0 Å². The summed E-state index contributed by atoms with van der Waals surface area (Å²) in [6, 6.07) is 0. The van der Waals surface area contributed by atoms with E-state index in [1.54, 1.807) is 6.20 Å². The molecule has 0 atom stereocenters. The fourth-order valence-corrected chi connectivity index (χ4v) is 0.476. The van der Waals surface area contributed by atoms with Crippen LogP contribution in [-0.4, -0.2) is 16.7 Å². The Hall–Kier alpha value is -0.830. The van der Waals surface area contributed by atoms with E-state index in [9.17, 15) is 0 Å². The molecule has 0 aliphatic carbocycles. The standard InChI is InChI=1S/C5H7NO2/c7-2-1-5-3-6-4-8-5/h3-4,7H,1-2H2. The summed E-state index contributed by atoms with van der Waals surface area (Å²) in [5.74, 6) is 0.729. The van der Waals surface area contributed by atoms with Crippen LogP contribution < -0.4 is 0 Å². The molecule has 0 fully saturated rings. The van der Waals surface area contributed by atoms with Gasteiger partial charge < -0.3 is 9.52 Å². The van der Waals surface area contributed by atoms with Crippen molar-refractivity contribution in [1.82, 2.24) is 4.98 Å². The Balaban J connectivity index is 2.50. The molecule has 1 aromatic heterocycles. The molecule has 0 spiro atoms. The van der Waals surface area contributed by atoms with E-state index in [1.807, 2.05) is 0 Å². The van der Waals surface area contributed by atoms with Crippen molar-refractivity contribution >= 4 is 0 Å². The molecule has 0 saturated heterocycles. The zero-order valence-electron chi connectivity index (χ0n) is 4.37. The number of hydrogen-bond acceptors (Lipinski definition) is 3. The minimum absolute atomic E-state index is 0.120. The maximum Gasteiger partial charge on any atom is 0.180 e. The Labute approximate surface area is 47.0 Å². The molecule has 0 saturated carbocycles. The minimum Gasteiger partial charge on any atom is -0.448 e. The largest absolute Gasteiger partial charge is 0.448 e. The molecule has 0 radical (unpaired) electrons. The molecule has 3 heteroatoms. The normalized spacial score (nSPS) is 9.62. The third kappa shape index (κ3) is 1.07. The quantitative estimate of drug-likeness (QED) is 0.596. The fraction of sp³-hybridized carbons (Fsp3) is 0.400. The number of rotatable bonds is 2. The average Bonchev–Trinajstić information content (AvgIpc) is 2.19. The first-order valence-electron chi connectivity index (χ1n) is 2.41. The van der Waals surface area contributed by atoms with Crippen LogP contribution in [-0.2, 0) is 6.42 Å². The predicted molar refractivity (Wildman–Crippen MR) is 27.3 cm³/mol. The minimum atomic E-state index is 0.120. The van der Waals surface area contributed by atoms with Gasteiger partial charge in [-0.2, -0.15) is 0 Å².